The molecule has 0 bridgehead atoms. The van der Waals surface area contributed by atoms with Crippen molar-refractivity contribution in [2.24, 2.45) is 0 Å². The zero-order valence-electron chi connectivity index (χ0n) is 14.8. The van der Waals surface area contributed by atoms with Crippen LogP contribution in [0.1, 0.15) is 17.5 Å². The summed E-state index contributed by atoms with van der Waals surface area (Å²) >= 11 is 0. The number of para-hydroxylation sites is 6. The van der Waals surface area contributed by atoms with Crippen LogP contribution in [-0.2, 0) is 0 Å². The molecule has 3 aromatic heterocycles. The molecule has 3 aromatic carbocycles. The Kier molecular flexibility index (Phi) is 3.13. The maximum atomic E-state index is 4.79. The molecule has 28 heavy (non-hydrogen) atoms. The first-order valence-electron chi connectivity index (χ1n) is 9.07. The summed E-state index contributed by atoms with van der Waals surface area (Å²) in [5.41, 5.74) is 5.64. The fraction of sp³-hybridized carbons (Fsp3) is 0. The molecule has 1 radical (unpaired) electrons. The molecule has 6 heteroatoms. The van der Waals surface area contributed by atoms with Crippen LogP contribution in [0.25, 0.3) is 33.1 Å². The normalized spacial score (nSPS) is 11.9. The minimum atomic E-state index is 0.722. The molecule has 6 rings (SSSR count). The zero-order chi connectivity index (χ0) is 18.5. The van der Waals surface area contributed by atoms with Crippen LogP contribution in [0.5, 0.6) is 0 Å². The lowest BCUT2D eigenvalue weighted by atomic mass is 10.1. The molecule has 0 atom stereocenters. The first kappa shape index (κ1) is 15.2. The van der Waals surface area contributed by atoms with Crippen molar-refractivity contribution in [2.75, 3.05) is 0 Å². The fourth-order valence-electron chi connectivity index (χ4n) is 3.55. The molecule has 133 valence electrons. The van der Waals surface area contributed by atoms with Gasteiger partial charge in [0.1, 0.15) is 17.5 Å². The highest BCUT2D eigenvalue weighted by molar-refractivity contribution is 5.80. The van der Waals surface area contributed by atoms with Crippen molar-refractivity contribution < 1.29 is 0 Å². The number of hydrogen-bond donors (Lipinski definition) is 3. The van der Waals surface area contributed by atoms with E-state index in [2.05, 4.69) is 15.0 Å². The van der Waals surface area contributed by atoms with Crippen LogP contribution >= 0.6 is 0 Å². The van der Waals surface area contributed by atoms with Gasteiger partial charge in [0.05, 0.1) is 33.1 Å². The van der Waals surface area contributed by atoms with Gasteiger partial charge in [-0.2, -0.15) is 0 Å². The van der Waals surface area contributed by atoms with Gasteiger partial charge in [0.2, 0.25) is 0 Å². The van der Waals surface area contributed by atoms with E-state index in [4.69, 9.17) is 15.0 Å². The van der Waals surface area contributed by atoms with Gasteiger partial charge in [0.25, 0.3) is 0 Å². The minimum absolute atomic E-state index is 0.722. The quantitative estimate of drug-likeness (QED) is 0.437. The van der Waals surface area contributed by atoms with Gasteiger partial charge in [0.15, 0.2) is 5.92 Å². The monoisotopic (exact) mass is 363 g/mol. The third-order valence-corrected chi connectivity index (χ3v) is 4.88. The summed E-state index contributed by atoms with van der Waals surface area (Å²) in [6, 6.07) is 23.9. The average molecular weight is 363 g/mol. The molecule has 0 unspecified atom stereocenters. The van der Waals surface area contributed by atoms with Crippen LogP contribution < -0.4 is 0 Å². The SMILES string of the molecule is c1ccc2[nH]c([C](c3nc4ccccc4[nH]3)c3nc4ccccc4[nH]3)nc2c1. The van der Waals surface area contributed by atoms with E-state index in [0.29, 0.717) is 0 Å². The minimum Gasteiger partial charge on any atom is -0.341 e. The van der Waals surface area contributed by atoms with Gasteiger partial charge in [0, 0.05) is 0 Å². The van der Waals surface area contributed by atoms with Crippen molar-refractivity contribution >= 4 is 33.1 Å². The predicted octanol–water partition coefficient (Wildman–Crippen LogP) is 4.33. The molecule has 0 saturated carbocycles. The highest BCUT2D eigenvalue weighted by Crippen LogP contribution is 2.30. The van der Waals surface area contributed by atoms with Gasteiger partial charge in [-0.05, 0) is 36.4 Å². The number of nitrogens with one attached hydrogen (secondary N) is 3. The highest BCUT2D eigenvalue weighted by atomic mass is 15.0. The lowest BCUT2D eigenvalue weighted by molar-refractivity contribution is 0.958. The largest absolute Gasteiger partial charge is 0.341 e. The Balaban J connectivity index is 1.60. The number of nitrogens with zero attached hydrogens (tertiary/aromatic N) is 3. The number of aromatic amines is 3. The van der Waals surface area contributed by atoms with Gasteiger partial charge >= 0.3 is 0 Å². The zero-order valence-corrected chi connectivity index (χ0v) is 14.8. The number of imidazole rings is 3. The second kappa shape index (κ2) is 5.79. The van der Waals surface area contributed by atoms with Crippen LogP contribution in [0.15, 0.2) is 72.8 Å². The third-order valence-electron chi connectivity index (χ3n) is 4.88. The Morgan fingerprint density at radius 1 is 0.464 bits per heavy atom. The van der Waals surface area contributed by atoms with Crippen LogP contribution in [0.3, 0.4) is 0 Å². The van der Waals surface area contributed by atoms with Crippen molar-refractivity contribution in [2.45, 2.75) is 0 Å². The summed E-state index contributed by atoms with van der Waals surface area (Å²) in [7, 11) is 0. The van der Waals surface area contributed by atoms with E-state index in [-0.39, 0.29) is 0 Å². The Bertz CT molecular complexity index is 1160. The second-order valence-corrected chi connectivity index (χ2v) is 6.68. The molecule has 6 aromatic rings. The lowest BCUT2D eigenvalue weighted by Crippen LogP contribution is -2.10. The highest BCUT2D eigenvalue weighted by Gasteiger charge is 2.28. The van der Waals surface area contributed by atoms with Crippen molar-refractivity contribution in [3.05, 3.63) is 96.2 Å². The number of H-pyrrole nitrogens is 3. The van der Waals surface area contributed by atoms with E-state index < -0.39 is 0 Å². The third kappa shape index (κ3) is 2.31. The molecule has 0 saturated heterocycles. The summed E-state index contributed by atoms with van der Waals surface area (Å²) < 4.78 is 0. The average Bonchev–Trinajstić information content (AvgIpc) is 3.44. The first-order valence-corrected chi connectivity index (χ1v) is 9.07. The van der Waals surface area contributed by atoms with Crippen molar-refractivity contribution in [3.8, 4) is 0 Å². The summed E-state index contributed by atoms with van der Waals surface area (Å²) in [4.78, 5) is 24.6. The van der Waals surface area contributed by atoms with Crippen LogP contribution in [-0.4, -0.2) is 29.9 Å². The molecule has 3 N–H and O–H groups in total. The topological polar surface area (TPSA) is 86.0 Å². The Morgan fingerprint density at radius 2 is 0.786 bits per heavy atom. The molecule has 6 nitrogen and oxygen atoms in total. The maximum absolute atomic E-state index is 4.79. The molecule has 0 aliphatic heterocycles. The van der Waals surface area contributed by atoms with E-state index >= 15 is 0 Å². The lowest BCUT2D eigenvalue weighted by Gasteiger charge is -2.07. The van der Waals surface area contributed by atoms with Gasteiger partial charge in [-0.15, -0.1) is 0 Å². The molecule has 0 fully saturated rings. The molecule has 0 aliphatic rings. The van der Waals surface area contributed by atoms with E-state index in [1.54, 1.807) is 0 Å². The fourth-order valence-corrected chi connectivity index (χ4v) is 3.55. The van der Waals surface area contributed by atoms with Crippen LogP contribution in [0, 0.1) is 5.92 Å². The van der Waals surface area contributed by atoms with Crippen molar-refractivity contribution in [3.63, 3.8) is 0 Å². The van der Waals surface area contributed by atoms with Gasteiger partial charge in [-0.25, -0.2) is 15.0 Å². The standard InChI is InChI=1S/C22H15N6/c1-2-8-14-13(7-1)23-20(24-14)19(21-25-15-9-3-4-10-16(15)26-21)22-27-17-11-5-6-12-18(17)28-22/h1-12H,(H,23,24)(H,25,26)(H,27,28). The maximum Gasteiger partial charge on any atom is 0.170 e. The summed E-state index contributed by atoms with van der Waals surface area (Å²) in [6.07, 6.45) is 0. The Labute approximate surface area is 159 Å². The molecular formula is C22H15N6. The van der Waals surface area contributed by atoms with Gasteiger partial charge < -0.3 is 15.0 Å². The summed E-state index contributed by atoms with van der Waals surface area (Å²) in [5.74, 6) is 2.97. The van der Waals surface area contributed by atoms with E-state index in [0.717, 1.165) is 56.5 Å². The van der Waals surface area contributed by atoms with E-state index in [1.807, 2.05) is 72.8 Å². The van der Waals surface area contributed by atoms with Crippen molar-refractivity contribution in [1.29, 1.82) is 0 Å². The van der Waals surface area contributed by atoms with Crippen molar-refractivity contribution in [1.82, 2.24) is 29.9 Å². The number of hydrogen-bond acceptors (Lipinski definition) is 3. The predicted molar refractivity (Wildman–Crippen MR) is 109 cm³/mol. The number of rotatable bonds is 3. The molecule has 0 aliphatic carbocycles. The smallest absolute Gasteiger partial charge is 0.170 e. The van der Waals surface area contributed by atoms with Crippen LogP contribution in [0.4, 0.5) is 0 Å². The van der Waals surface area contributed by atoms with Gasteiger partial charge in [-0.1, -0.05) is 36.4 Å². The number of aromatic nitrogens is 6. The van der Waals surface area contributed by atoms with E-state index in [1.165, 1.54) is 0 Å². The van der Waals surface area contributed by atoms with E-state index in [9.17, 15) is 0 Å². The molecule has 0 amide bonds. The van der Waals surface area contributed by atoms with Crippen LogP contribution in [0.2, 0.25) is 0 Å². The first-order chi connectivity index (χ1) is 13.8. The summed E-state index contributed by atoms with van der Waals surface area (Å²) in [6.45, 7) is 0. The second-order valence-electron chi connectivity index (χ2n) is 6.68. The number of fused-ring (bicyclic) bond motifs is 3. The summed E-state index contributed by atoms with van der Waals surface area (Å²) in [5, 5.41) is 0. The van der Waals surface area contributed by atoms with Gasteiger partial charge in [-0.3, -0.25) is 0 Å². The molecule has 3 heterocycles. The molecule has 0 spiro atoms. The Hall–Kier alpha value is -3.93. The number of benzene rings is 3. The Morgan fingerprint density at radius 3 is 1.11 bits per heavy atom. The molecular weight excluding hydrogens is 348 g/mol.